The number of ether oxygens (including phenoxy) is 1. The van der Waals surface area contributed by atoms with E-state index in [9.17, 15) is 9.59 Å². The zero-order valence-electron chi connectivity index (χ0n) is 18.7. The molecule has 1 fully saturated rings. The molecule has 1 heterocycles. The molecular formula is C25H29N3O3S. The molecular weight excluding hydrogens is 422 g/mol. The summed E-state index contributed by atoms with van der Waals surface area (Å²) in [4.78, 5) is 29.1. The lowest BCUT2D eigenvalue weighted by Crippen LogP contribution is -2.43. The number of benzene rings is 2. The Morgan fingerprint density at radius 3 is 2.66 bits per heavy atom. The number of hydrogen-bond donors (Lipinski definition) is 2. The number of nitrogens with one attached hydrogen (secondary N) is 2. The summed E-state index contributed by atoms with van der Waals surface area (Å²) in [7, 11) is 1.62. The summed E-state index contributed by atoms with van der Waals surface area (Å²) in [5.74, 6) is 1.70. The molecule has 0 saturated heterocycles. The summed E-state index contributed by atoms with van der Waals surface area (Å²) in [6, 6.07) is 12.8. The van der Waals surface area contributed by atoms with Gasteiger partial charge in [0.1, 0.15) is 5.75 Å². The predicted octanol–water partition coefficient (Wildman–Crippen LogP) is 4.67. The molecule has 6 nitrogen and oxygen atoms in total. The van der Waals surface area contributed by atoms with Crippen molar-refractivity contribution in [3.8, 4) is 5.75 Å². The average Bonchev–Trinajstić information content (AvgIpc) is 2.79. The Morgan fingerprint density at radius 2 is 1.94 bits per heavy atom. The molecule has 0 radical (unpaired) electrons. The third-order valence-corrected chi connectivity index (χ3v) is 7.09. The second kappa shape index (κ2) is 9.28. The number of H-pyrrole nitrogens is 1. The van der Waals surface area contributed by atoms with Crippen LogP contribution in [0.3, 0.4) is 0 Å². The minimum Gasteiger partial charge on any atom is -0.497 e. The van der Waals surface area contributed by atoms with Crippen LogP contribution in [0.1, 0.15) is 49.0 Å². The van der Waals surface area contributed by atoms with Gasteiger partial charge in [0.15, 0.2) is 4.77 Å². The highest BCUT2D eigenvalue weighted by Crippen LogP contribution is 2.29. The van der Waals surface area contributed by atoms with Crippen molar-refractivity contribution in [3.05, 3.63) is 68.7 Å². The monoisotopic (exact) mass is 451 g/mol. The number of carbonyl (C=O) groups excluding carboxylic acids is 1. The summed E-state index contributed by atoms with van der Waals surface area (Å²) in [6.07, 6.45) is 3.35. The van der Waals surface area contributed by atoms with Gasteiger partial charge in [0.05, 0.1) is 24.6 Å². The maximum absolute atomic E-state index is 13.1. The first-order chi connectivity index (χ1) is 15.4. The third kappa shape index (κ3) is 4.48. The number of carbonyl (C=O) groups is 1. The molecule has 0 unspecified atom stereocenters. The van der Waals surface area contributed by atoms with Crippen LogP contribution >= 0.6 is 12.2 Å². The van der Waals surface area contributed by atoms with Crippen LogP contribution in [0, 0.1) is 16.6 Å². The number of methoxy groups -OCH3 is 1. The van der Waals surface area contributed by atoms with E-state index in [1.165, 1.54) is 11.0 Å². The summed E-state index contributed by atoms with van der Waals surface area (Å²) >= 11 is 5.47. The van der Waals surface area contributed by atoms with E-state index < -0.39 is 0 Å². The van der Waals surface area contributed by atoms with E-state index in [0.717, 1.165) is 24.2 Å². The average molecular weight is 452 g/mol. The summed E-state index contributed by atoms with van der Waals surface area (Å²) in [5, 5.41) is 3.69. The lowest BCUT2D eigenvalue weighted by molar-refractivity contribution is 0.0891. The molecule has 32 heavy (non-hydrogen) atoms. The molecule has 4 rings (SSSR count). The minimum atomic E-state index is -0.179. The van der Waals surface area contributed by atoms with Crippen molar-refractivity contribution in [2.24, 2.45) is 11.8 Å². The highest BCUT2D eigenvalue weighted by molar-refractivity contribution is 7.71. The summed E-state index contributed by atoms with van der Waals surface area (Å²) in [5.41, 5.74) is 1.87. The molecule has 168 valence electrons. The van der Waals surface area contributed by atoms with Crippen LogP contribution in [-0.4, -0.2) is 28.6 Å². The predicted molar refractivity (Wildman–Crippen MR) is 129 cm³/mol. The van der Waals surface area contributed by atoms with Gasteiger partial charge in [0.25, 0.3) is 11.5 Å². The fourth-order valence-electron chi connectivity index (χ4n) is 4.49. The first-order valence-corrected chi connectivity index (χ1v) is 11.5. The lowest BCUT2D eigenvalue weighted by Gasteiger charge is -2.34. The van der Waals surface area contributed by atoms with Crippen LogP contribution < -0.4 is 15.6 Å². The van der Waals surface area contributed by atoms with Gasteiger partial charge < -0.3 is 15.0 Å². The number of rotatable bonds is 5. The maximum Gasteiger partial charge on any atom is 0.262 e. The molecule has 1 aliphatic rings. The van der Waals surface area contributed by atoms with Crippen LogP contribution in [0.15, 0.2) is 47.3 Å². The van der Waals surface area contributed by atoms with E-state index in [2.05, 4.69) is 24.1 Å². The fourth-order valence-corrected chi connectivity index (χ4v) is 4.75. The summed E-state index contributed by atoms with van der Waals surface area (Å²) in [6.45, 7) is 4.81. The molecule has 2 N–H and O–H groups in total. The number of amides is 1. The van der Waals surface area contributed by atoms with Gasteiger partial charge in [-0.1, -0.05) is 38.8 Å². The van der Waals surface area contributed by atoms with Gasteiger partial charge in [-0.15, -0.1) is 0 Å². The lowest BCUT2D eigenvalue weighted by atomic mass is 9.78. The first-order valence-electron chi connectivity index (χ1n) is 11.1. The Labute approximate surface area is 192 Å². The molecule has 3 atom stereocenters. The Bertz CT molecular complexity index is 1250. The standard InChI is InChI=1S/C25H29N3O3S/c1-15-5-4-6-21(16(15)2)26-23(29)18-9-12-20-22(13-18)27-25(32)28(24(20)30)14-17-7-10-19(31-3)11-8-17/h7-13,15-16,21H,4-6,14H2,1-3H3,(H,26,29)(H,27,32)/t15-,16+,21-/m1/s1. The summed E-state index contributed by atoms with van der Waals surface area (Å²) < 4.78 is 7.04. The van der Waals surface area contributed by atoms with E-state index in [0.29, 0.717) is 39.6 Å². The van der Waals surface area contributed by atoms with Crippen molar-refractivity contribution in [2.75, 3.05) is 7.11 Å². The maximum atomic E-state index is 13.1. The molecule has 7 heteroatoms. The number of aromatic amines is 1. The number of hydrogen-bond acceptors (Lipinski definition) is 4. The second-order valence-corrected chi connectivity index (χ2v) is 9.16. The zero-order valence-corrected chi connectivity index (χ0v) is 19.5. The van der Waals surface area contributed by atoms with Crippen molar-refractivity contribution in [3.63, 3.8) is 0 Å². The highest BCUT2D eigenvalue weighted by atomic mass is 32.1. The third-order valence-electron chi connectivity index (χ3n) is 6.77. The molecule has 2 aromatic carbocycles. The van der Waals surface area contributed by atoms with E-state index in [4.69, 9.17) is 17.0 Å². The van der Waals surface area contributed by atoms with E-state index in [1.807, 2.05) is 24.3 Å². The second-order valence-electron chi connectivity index (χ2n) is 8.78. The fraction of sp³-hybridized carbons (Fsp3) is 0.400. The Kier molecular flexibility index (Phi) is 6.46. The molecule has 1 saturated carbocycles. The number of fused-ring (bicyclic) bond motifs is 1. The molecule has 3 aromatic rings. The largest absolute Gasteiger partial charge is 0.497 e. The number of nitrogens with zero attached hydrogens (tertiary/aromatic N) is 1. The van der Waals surface area contributed by atoms with Crippen LogP contribution in [-0.2, 0) is 6.54 Å². The molecule has 0 spiro atoms. The van der Waals surface area contributed by atoms with Gasteiger partial charge in [-0.2, -0.15) is 0 Å². The van der Waals surface area contributed by atoms with Crippen molar-refractivity contribution in [1.29, 1.82) is 0 Å². The van der Waals surface area contributed by atoms with Gasteiger partial charge in [-0.05, 0) is 66.4 Å². The normalized spacial score (nSPS) is 20.8. The van der Waals surface area contributed by atoms with Gasteiger partial charge >= 0.3 is 0 Å². The zero-order chi connectivity index (χ0) is 22.8. The molecule has 1 amide bonds. The van der Waals surface area contributed by atoms with E-state index in [1.54, 1.807) is 25.3 Å². The molecule has 1 aromatic heterocycles. The smallest absolute Gasteiger partial charge is 0.262 e. The van der Waals surface area contributed by atoms with Crippen LogP contribution in [0.2, 0.25) is 0 Å². The van der Waals surface area contributed by atoms with Crippen LogP contribution in [0.5, 0.6) is 5.75 Å². The van der Waals surface area contributed by atoms with Crippen molar-refractivity contribution in [2.45, 2.75) is 45.7 Å². The van der Waals surface area contributed by atoms with Gasteiger partial charge in [0.2, 0.25) is 0 Å². The molecule has 1 aliphatic carbocycles. The first kappa shape index (κ1) is 22.3. The minimum absolute atomic E-state index is 0.112. The molecule has 0 aliphatic heterocycles. The number of aromatic nitrogens is 2. The topological polar surface area (TPSA) is 76.1 Å². The van der Waals surface area contributed by atoms with E-state index >= 15 is 0 Å². The van der Waals surface area contributed by atoms with Crippen LogP contribution in [0.25, 0.3) is 10.9 Å². The van der Waals surface area contributed by atoms with Gasteiger partial charge in [0, 0.05) is 11.6 Å². The Balaban J connectivity index is 1.59. The molecule has 0 bridgehead atoms. The van der Waals surface area contributed by atoms with Gasteiger partial charge in [-0.3, -0.25) is 14.2 Å². The highest BCUT2D eigenvalue weighted by Gasteiger charge is 2.28. The van der Waals surface area contributed by atoms with Crippen molar-refractivity contribution in [1.82, 2.24) is 14.9 Å². The van der Waals surface area contributed by atoms with Gasteiger partial charge in [-0.25, -0.2) is 0 Å². The van der Waals surface area contributed by atoms with Crippen molar-refractivity contribution >= 4 is 29.0 Å². The Hall–Kier alpha value is -2.93. The quantitative estimate of drug-likeness (QED) is 0.553. The SMILES string of the molecule is COc1ccc(Cn2c(=S)[nH]c3cc(C(=O)N[C@@H]4CCC[C@@H](C)[C@@H]4C)ccc3c2=O)cc1. The Morgan fingerprint density at radius 1 is 1.19 bits per heavy atom. The van der Waals surface area contributed by atoms with Crippen molar-refractivity contribution < 1.29 is 9.53 Å². The van der Waals surface area contributed by atoms with Crippen LogP contribution in [0.4, 0.5) is 0 Å². The van der Waals surface area contributed by atoms with E-state index in [-0.39, 0.29) is 17.5 Å².